The Morgan fingerprint density at radius 1 is 1.39 bits per heavy atom. The number of hydrogen-bond acceptors (Lipinski definition) is 4. The Morgan fingerprint density at radius 3 is 2.65 bits per heavy atom. The summed E-state index contributed by atoms with van der Waals surface area (Å²) in [6.45, 7) is 2.74. The monoisotopic (exact) mass is 338 g/mol. The van der Waals surface area contributed by atoms with E-state index < -0.39 is 9.84 Å². The van der Waals surface area contributed by atoms with Crippen molar-refractivity contribution in [1.29, 1.82) is 0 Å². The van der Waals surface area contributed by atoms with Gasteiger partial charge in [-0.3, -0.25) is 4.99 Å². The van der Waals surface area contributed by atoms with Crippen molar-refractivity contribution in [3.63, 3.8) is 0 Å². The lowest BCUT2D eigenvalue weighted by Gasteiger charge is -2.18. The van der Waals surface area contributed by atoms with Gasteiger partial charge in [-0.2, -0.15) is 0 Å². The minimum absolute atomic E-state index is 0.0524. The summed E-state index contributed by atoms with van der Waals surface area (Å²) in [5.41, 5.74) is 3.57. The summed E-state index contributed by atoms with van der Waals surface area (Å²) >= 11 is 0. The maximum atomic E-state index is 11.5. The number of aryl methyl sites for hydroxylation is 1. The molecule has 0 amide bonds. The van der Waals surface area contributed by atoms with Crippen molar-refractivity contribution in [2.24, 2.45) is 4.99 Å². The first kappa shape index (κ1) is 17.6. The van der Waals surface area contributed by atoms with E-state index in [1.165, 1.54) is 16.8 Å². The van der Waals surface area contributed by atoms with E-state index in [0.29, 0.717) is 18.9 Å². The summed E-state index contributed by atoms with van der Waals surface area (Å²) in [6.07, 6.45) is 0.638. The van der Waals surface area contributed by atoms with Gasteiger partial charge in [0.25, 0.3) is 0 Å². The van der Waals surface area contributed by atoms with Gasteiger partial charge in [0.2, 0.25) is 0 Å². The molecule has 1 aliphatic heterocycles. The fourth-order valence-corrected chi connectivity index (χ4v) is 4.31. The Bertz CT molecular complexity index is 683. The van der Waals surface area contributed by atoms with Crippen LogP contribution in [0.1, 0.15) is 17.5 Å². The molecule has 23 heavy (non-hydrogen) atoms. The molecule has 0 saturated carbocycles. The van der Waals surface area contributed by atoms with Crippen LogP contribution in [-0.2, 0) is 16.4 Å². The molecule has 1 aromatic rings. The van der Waals surface area contributed by atoms with Crippen molar-refractivity contribution >= 4 is 21.5 Å². The maximum Gasteiger partial charge on any atom is 0.191 e. The molecule has 6 nitrogen and oxygen atoms in total. The predicted octanol–water partition coefficient (Wildman–Crippen LogP) is 0.913. The molecule has 128 valence electrons. The summed E-state index contributed by atoms with van der Waals surface area (Å²) in [5, 5.41) is 6.45. The van der Waals surface area contributed by atoms with Crippen LogP contribution in [0.15, 0.2) is 23.2 Å². The highest BCUT2D eigenvalue weighted by Crippen LogP contribution is 2.17. The lowest BCUT2D eigenvalue weighted by molar-refractivity contribution is 0.599. The third kappa shape index (κ3) is 4.86. The van der Waals surface area contributed by atoms with Gasteiger partial charge in [-0.1, -0.05) is 6.07 Å². The molecule has 0 radical (unpaired) electrons. The molecule has 0 aromatic heterocycles. The van der Waals surface area contributed by atoms with Crippen LogP contribution in [0.2, 0.25) is 0 Å². The Kier molecular flexibility index (Phi) is 5.51. The number of aliphatic imine (C=N–C) groups is 1. The number of sulfone groups is 1. The molecule has 1 aromatic carbocycles. The minimum atomic E-state index is -2.89. The predicted molar refractivity (Wildman–Crippen MR) is 95.9 cm³/mol. The minimum Gasteiger partial charge on any atom is -0.378 e. The summed E-state index contributed by atoms with van der Waals surface area (Å²) in [7, 11) is 2.85. The van der Waals surface area contributed by atoms with Crippen molar-refractivity contribution in [1.82, 2.24) is 10.6 Å². The molecule has 1 unspecified atom stereocenters. The fourth-order valence-electron chi connectivity index (χ4n) is 2.63. The Hall–Kier alpha value is -1.76. The van der Waals surface area contributed by atoms with Gasteiger partial charge in [-0.25, -0.2) is 8.42 Å². The second-order valence-corrected chi connectivity index (χ2v) is 8.40. The first-order valence-corrected chi connectivity index (χ1v) is 9.57. The number of hydrogen-bond donors (Lipinski definition) is 2. The lowest BCUT2D eigenvalue weighted by atomic mass is 10.1. The van der Waals surface area contributed by atoms with E-state index in [-0.39, 0.29) is 17.5 Å². The van der Waals surface area contributed by atoms with E-state index in [9.17, 15) is 8.42 Å². The molecule has 0 bridgehead atoms. The summed E-state index contributed by atoms with van der Waals surface area (Å²) in [6, 6.07) is 6.29. The van der Waals surface area contributed by atoms with Gasteiger partial charge in [0.15, 0.2) is 15.8 Å². The molecule has 1 aliphatic rings. The van der Waals surface area contributed by atoms with Crippen molar-refractivity contribution in [2.45, 2.75) is 25.9 Å². The van der Waals surface area contributed by atoms with Crippen LogP contribution in [0.5, 0.6) is 0 Å². The standard InChI is InChI=1S/C16H26N4O2S/c1-12-9-15(20(3)4)6-5-13(12)10-18-16(17-2)19-14-7-8-23(21,22)11-14/h5-6,9,14H,7-8,10-11H2,1-4H3,(H2,17,18,19). The molecule has 7 heteroatoms. The Morgan fingerprint density at radius 2 is 2.13 bits per heavy atom. The van der Waals surface area contributed by atoms with Crippen LogP contribution in [0.25, 0.3) is 0 Å². The first-order chi connectivity index (χ1) is 10.8. The second kappa shape index (κ2) is 7.21. The second-order valence-electron chi connectivity index (χ2n) is 6.18. The van der Waals surface area contributed by atoms with Gasteiger partial charge in [-0.15, -0.1) is 0 Å². The molecule has 0 aliphatic carbocycles. The number of benzene rings is 1. The van der Waals surface area contributed by atoms with Crippen LogP contribution in [0, 0.1) is 6.92 Å². The molecule has 0 spiro atoms. The molecule has 2 rings (SSSR count). The molecule has 1 heterocycles. The van der Waals surface area contributed by atoms with E-state index in [4.69, 9.17) is 0 Å². The van der Waals surface area contributed by atoms with E-state index in [2.05, 4.69) is 45.6 Å². The van der Waals surface area contributed by atoms with Gasteiger partial charge < -0.3 is 15.5 Å². The number of nitrogens with zero attached hydrogens (tertiary/aromatic N) is 2. The highest BCUT2D eigenvalue weighted by atomic mass is 32.2. The number of nitrogens with one attached hydrogen (secondary N) is 2. The normalized spacial score (nSPS) is 20.3. The molecule has 1 fully saturated rings. The Labute approximate surface area is 138 Å². The van der Waals surface area contributed by atoms with Gasteiger partial charge in [0.1, 0.15) is 0 Å². The van der Waals surface area contributed by atoms with Gasteiger partial charge in [0.05, 0.1) is 11.5 Å². The Balaban J connectivity index is 1.93. The van der Waals surface area contributed by atoms with Crippen molar-refractivity contribution in [3.8, 4) is 0 Å². The quantitative estimate of drug-likeness (QED) is 0.631. The average Bonchev–Trinajstić information content (AvgIpc) is 2.83. The largest absolute Gasteiger partial charge is 0.378 e. The van der Waals surface area contributed by atoms with Crippen molar-refractivity contribution in [2.75, 3.05) is 37.5 Å². The molecule has 2 N–H and O–H groups in total. The van der Waals surface area contributed by atoms with E-state index in [1.54, 1.807) is 7.05 Å². The zero-order valence-electron chi connectivity index (χ0n) is 14.3. The molecule has 1 saturated heterocycles. The highest BCUT2D eigenvalue weighted by Gasteiger charge is 2.28. The van der Waals surface area contributed by atoms with Gasteiger partial charge in [0, 0.05) is 39.4 Å². The highest BCUT2D eigenvalue weighted by molar-refractivity contribution is 7.91. The molecular formula is C16H26N4O2S. The smallest absolute Gasteiger partial charge is 0.191 e. The lowest BCUT2D eigenvalue weighted by Crippen LogP contribution is -2.43. The SMILES string of the molecule is CN=C(NCc1ccc(N(C)C)cc1C)NC1CCS(=O)(=O)C1. The van der Waals surface area contributed by atoms with Crippen LogP contribution in [-0.4, -0.2) is 53.1 Å². The molecular weight excluding hydrogens is 312 g/mol. The number of anilines is 1. The zero-order valence-corrected chi connectivity index (χ0v) is 15.1. The van der Waals surface area contributed by atoms with Crippen molar-refractivity contribution < 1.29 is 8.42 Å². The maximum absolute atomic E-state index is 11.5. The van der Waals surface area contributed by atoms with E-state index in [0.717, 1.165) is 0 Å². The third-order valence-electron chi connectivity index (χ3n) is 4.09. The third-order valence-corrected chi connectivity index (χ3v) is 5.85. The summed E-state index contributed by atoms with van der Waals surface area (Å²) in [4.78, 5) is 6.26. The van der Waals surface area contributed by atoms with E-state index in [1.807, 2.05) is 14.1 Å². The van der Waals surface area contributed by atoms with Gasteiger partial charge >= 0.3 is 0 Å². The van der Waals surface area contributed by atoms with Crippen molar-refractivity contribution in [3.05, 3.63) is 29.3 Å². The zero-order chi connectivity index (χ0) is 17.0. The van der Waals surface area contributed by atoms with E-state index >= 15 is 0 Å². The fraction of sp³-hybridized carbons (Fsp3) is 0.562. The number of rotatable bonds is 4. The first-order valence-electron chi connectivity index (χ1n) is 7.75. The van der Waals surface area contributed by atoms with Gasteiger partial charge in [-0.05, 0) is 36.6 Å². The summed E-state index contributed by atoms with van der Waals surface area (Å²) in [5.74, 6) is 1.08. The number of guanidine groups is 1. The average molecular weight is 338 g/mol. The van der Waals surface area contributed by atoms with Crippen LogP contribution in [0.3, 0.4) is 0 Å². The van der Waals surface area contributed by atoms with Crippen LogP contribution < -0.4 is 15.5 Å². The van der Waals surface area contributed by atoms with Crippen LogP contribution >= 0.6 is 0 Å². The summed E-state index contributed by atoms with van der Waals surface area (Å²) < 4.78 is 23.0. The van der Waals surface area contributed by atoms with Crippen LogP contribution in [0.4, 0.5) is 5.69 Å². The topological polar surface area (TPSA) is 73.8 Å². The molecule has 1 atom stereocenters.